The van der Waals surface area contributed by atoms with E-state index in [1.165, 1.54) is 0 Å². The lowest BCUT2D eigenvalue weighted by Gasteiger charge is -2.23. The summed E-state index contributed by atoms with van der Waals surface area (Å²) in [6.45, 7) is 5.83. The summed E-state index contributed by atoms with van der Waals surface area (Å²) in [5, 5.41) is 12.9. The Labute approximate surface area is 187 Å². The maximum atomic E-state index is 12.8. The molecule has 0 aliphatic carbocycles. The van der Waals surface area contributed by atoms with Crippen molar-refractivity contribution in [1.82, 2.24) is 9.80 Å². The van der Waals surface area contributed by atoms with Gasteiger partial charge in [0.2, 0.25) is 0 Å². The lowest BCUT2D eigenvalue weighted by atomic mass is 10.1. The molecule has 0 aliphatic heterocycles. The quantitative estimate of drug-likeness (QED) is 0.569. The summed E-state index contributed by atoms with van der Waals surface area (Å²) in [5.74, 6) is -0.0398. The van der Waals surface area contributed by atoms with Crippen molar-refractivity contribution in [3.05, 3.63) is 63.6 Å². The number of amides is 3. The number of hydrogen-bond acceptors (Lipinski definition) is 3. The van der Waals surface area contributed by atoms with Crippen LogP contribution in [0, 0.1) is 0 Å². The van der Waals surface area contributed by atoms with E-state index in [-0.39, 0.29) is 18.5 Å². The second-order valence-electron chi connectivity index (χ2n) is 6.73. The van der Waals surface area contributed by atoms with E-state index >= 15 is 0 Å². The molecule has 30 heavy (non-hydrogen) atoms. The molecule has 0 spiro atoms. The summed E-state index contributed by atoms with van der Waals surface area (Å²) < 4.78 is 0. The number of aliphatic hydroxyl groups excluding tert-OH is 1. The van der Waals surface area contributed by atoms with Crippen LogP contribution in [0.3, 0.4) is 0 Å². The van der Waals surface area contributed by atoms with Crippen LogP contribution in [0.2, 0.25) is 10.0 Å². The van der Waals surface area contributed by atoms with E-state index in [9.17, 15) is 9.59 Å². The third-order valence-electron chi connectivity index (χ3n) is 4.66. The Morgan fingerprint density at radius 3 is 2.20 bits per heavy atom. The second kappa shape index (κ2) is 11.8. The zero-order valence-corrected chi connectivity index (χ0v) is 18.7. The third-order valence-corrected chi connectivity index (χ3v) is 5.40. The van der Waals surface area contributed by atoms with Crippen molar-refractivity contribution < 1.29 is 14.7 Å². The van der Waals surface area contributed by atoms with Gasteiger partial charge < -0.3 is 20.2 Å². The number of urea groups is 1. The highest BCUT2D eigenvalue weighted by molar-refractivity contribution is 6.42. The normalized spacial score (nSPS) is 10.6. The molecule has 0 unspecified atom stereocenters. The Morgan fingerprint density at radius 1 is 0.967 bits per heavy atom. The van der Waals surface area contributed by atoms with Crippen LogP contribution in [0.25, 0.3) is 0 Å². The summed E-state index contributed by atoms with van der Waals surface area (Å²) in [6.07, 6.45) is 0.450. The fourth-order valence-corrected chi connectivity index (χ4v) is 3.29. The first-order chi connectivity index (χ1) is 14.4. The van der Waals surface area contributed by atoms with Crippen LogP contribution in [0.1, 0.15) is 36.2 Å². The average molecular weight is 452 g/mol. The summed E-state index contributed by atoms with van der Waals surface area (Å²) >= 11 is 12.0. The predicted octanol–water partition coefficient (Wildman–Crippen LogP) is 4.89. The van der Waals surface area contributed by atoms with Crippen molar-refractivity contribution in [2.45, 2.75) is 26.8 Å². The molecule has 0 radical (unpaired) electrons. The Hall–Kier alpha value is -2.28. The van der Waals surface area contributed by atoms with Crippen LogP contribution in [-0.2, 0) is 6.54 Å². The monoisotopic (exact) mass is 451 g/mol. The van der Waals surface area contributed by atoms with Gasteiger partial charge in [-0.25, -0.2) is 4.79 Å². The van der Waals surface area contributed by atoms with E-state index in [0.717, 1.165) is 5.56 Å². The van der Waals surface area contributed by atoms with Crippen molar-refractivity contribution in [2.24, 2.45) is 0 Å². The van der Waals surface area contributed by atoms with E-state index in [2.05, 4.69) is 5.32 Å². The molecule has 0 heterocycles. The third kappa shape index (κ3) is 6.62. The Kier molecular flexibility index (Phi) is 9.43. The minimum atomic E-state index is -0.308. The zero-order chi connectivity index (χ0) is 22.1. The molecule has 0 aromatic heterocycles. The summed E-state index contributed by atoms with van der Waals surface area (Å²) in [5.41, 5.74) is 1.99. The van der Waals surface area contributed by atoms with Crippen molar-refractivity contribution in [2.75, 3.05) is 31.6 Å². The maximum Gasteiger partial charge on any atom is 0.322 e. The number of aliphatic hydroxyl groups is 1. The van der Waals surface area contributed by atoms with Crippen LogP contribution in [0.5, 0.6) is 0 Å². The van der Waals surface area contributed by atoms with Crippen LogP contribution < -0.4 is 5.32 Å². The molecule has 2 aromatic rings. The van der Waals surface area contributed by atoms with E-state index in [0.29, 0.717) is 53.9 Å². The number of rotatable bonds is 9. The van der Waals surface area contributed by atoms with Gasteiger partial charge in [-0.15, -0.1) is 0 Å². The van der Waals surface area contributed by atoms with Crippen molar-refractivity contribution in [3.63, 3.8) is 0 Å². The topological polar surface area (TPSA) is 72.9 Å². The molecule has 162 valence electrons. The number of carbonyl (C=O) groups excluding carboxylic acids is 2. The molecule has 6 nitrogen and oxygen atoms in total. The average Bonchev–Trinajstić information content (AvgIpc) is 2.74. The van der Waals surface area contributed by atoms with Crippen LogP contribution in [-0.4, -0.2) is 53.1 Å². The largest absolute Gasteiger partial charge is 0.396 e. The fraction of sp³-hybridized carbons (Fsp3) is 0.364. The summed E-state index contributed by atoms with van der Waals surface area (Å²) in [6, 6.07) is 11.7. The molecule has 2 aromatic carbocycles. The molecule has 0 bridgehead atoms. The minimum Gasteiger partial charge on any atom is -0.396 e. The Morgan fingerprint density at radius 2 is 1.63 bits per heavy atom. The second-order valence-corrected chi connectivity index (χ2v) is 7.55. The molecule has 0 atom stereocenters. The number of benzene rings is 2. The van der Waals surface area contributed by atoms with Crippen LogP contribution in [0.15, 0.2) is 42.5 Å². The van der Waals surface area contributed by atoms with E-state index in [4.69, 9.17) is 28.3 Å². The van der Waals surface area contributed by atoms with Gasteiger partial charge in [0.25, 0.3) is 5.91 Å². The summed E-state index contributed by atoms with van der Waals surface area (Å²) in [7, 11) is 0. The lowest BCUT2D eigenvalue weighted by molar-refractivity contribution is 0.0773. The van der Waals surface area contributed by atoms with Gasteiger partial charge in [0.15, 0.2) is 0 Å². The SMILES string of the molecule is CCN(CC)C(=O)c1ccc(NC(=O)N(CCCO)Cc2ccc(Cl)c(Cl)c2)cc1. The molecular weight excluding hydrogens is 425 g/mol. The molecule has 0 saturated carbocycles. The molecule has 3 amide bonds. The molecule has 0 aliphatic rings. The number of halogens is 2. The van der Waals surface area contributed by atoms with Gasteiger partial charge in [-0.3, -0.25) is 4.79 Å². The van der Waals surface area contributed by atoms with E-state index < -0.39 is 0 Å². The Balaban J connectivity index is 2.08. The van der Waals surface area contributed by atoms with Gasteiger partial charge in [-0.05, 0) is 62.2 Å². The van der Waals surface area contributed by atoms with Crippen molar-refractivity contribution in [1.29, 1.82) is 0 Å². The molecule has 2 rings (SSSR count). The highest BCUT2D eigenvalue weighted by atomic mass is 35.5. The van der Waals surface area contributed by atoms with Crippen molar-refractivity contribution in [3.8, 4) is 0 Å². The number of anilines is 1. The van der Waals surface area contributed by atoms with E-state index in [1.807, 2.05) is 13.8 Å². The minimum absolute atomic E-state index is 0.0205. The maximum absolute atomic E-state index is 12.8. The molecule has 0 fully saturated rings. The van der Waals surface area contributed by atoms with Crippen LogP contribution in [0.4, 0.5) is 10.5 Å². The molecular formula is C22H27Cl2N3O3. The van der Waals surface area contributed by atoms with Gasteiger partial charge in [-0.1, -0.05) is 29.3 Å². The molecule has 8 heteroatoms. The first-order valence-corrected chi connectivity index (χ1v) is 10.6. The highest BCUT2D eigenvalue weighted by Crippen LogP contribution is 2.23. The van der Waals surface area contributed by atoms with Gasteiger partial charge in [0.1, 0.15) is 0 Å². The highest BCUT2D eigenvalue weighted by Gasteiger charge is 2.16. The number of nitrogens with one attached hydrogen (secondary N) is 1. The first-order valence-electron chi connectivity index (χ1n) is 9.89. The standard InChI is InChI=1S/C22H27Cl2N3O3/c1-3-26(4-2)21(29)17-7-9-18(10-8-17)25-22(30)27(12-5-13-28)15-16-6-11-19(23)20(24)14-16/h6-11,14,28H,3-5,12-13,15H2,1-2H3,(H,25,30). The van der Waals surface area contributed by atoms with Gasteiger partial charge in [0.05, 0.1) is 10.0 Å². The predicted molar refractivity (Wildman–Crippen MR) is 121 cm³/mol. The summed E-state index contributed by atoms with van der Waals surface area (Å²) in [4.78, 5) is 28.5. The van der Waals surface area contributed by atoms with Crippen LogP contribution >= 0.6 is 23.2 Å². The number of nitrogens with zero attached hydrogens (tertiary/aromatic N) is 2. The lowest BCUT2D eigenvalue weighted by Crippen LogP contribution is -2.35. The zero-order valence-electron chi connectivity index (χ0n) is 17.2. The van der Waals surface area contributed by atoms with Gasteiger partial charge >= 0.3 is 6.03 Å². The van der Waals surface area contributed by atoms with Gasteiger partial charge in [0, 0.05) is 44.0 Å². The molecule has 2 N–H and O–H groups in total. The number of hydrogen-bond donors (Lipinski definition) is 2. The smallest absolute Gasteiger partial charge is 0.322 e. The first kappa shape index (κ1) is 24.0. The van der Waals surface area contributed by atoms with Crippen molar-refractivity contribution >= 4 is 40.8 Å². The fourth-order valence-electron chi connectivity index (χ4n) is 2.96. The van der Waals surface area contributed by atoms with E-state index in [1.54, 1.807) is 52.3 Å². The van der Waals surface area contributed by atoms with Gasteiger partial charge in [-0.2, -0.15) is 0 Å². The molecule has 0 saturated heterocycles. The Bertz CT molecular complexity index is 855. The number of carbonyl (C=O) groups is 2.